The molecular weight excluding hydrogens is 552 g/mol. The van der Waals surface area contributed by atoms with Gasteiger partial charge in [0, 0.05) is 13.0 Å². The van der Waals surface area contributed by atoms with Crippen LogP contribution >= 0.6 is 0 Å². The second kappa shape index (κ2) is 18.1. The van der Waals surface area contributed by atoms with Crippen LogP contribution in [-0.4, -0.2) is 54.2 Å². The standard InChI is InChI=1S/C37H46N2O5/c1-3-5-16-24-38-37(41)34-36(44-27-31-21-14-9-15-22-31)35(43-26-30-19-12-8-13-20-30)32(39(34)33(40)23-6-4-2)28-42-25-29-17-10-7-11-18-29/h4,7-15,17-22,32,34-36H,2-3,5-6,16,23-28H2,1H3,(H,38,41)/t32-,34-,35+,36-/m1/s1. The number of carbonyl (C=O) groups excluding carboxylic acids is 2. The van der Waals surface area contributed by atoms with E-state index in [0.29, 0.717) is 26.2 Å². The van der Waals surface area contributed by atoms with Gasteiger partial charge in [-0.15, -0.1) is 6.58 Å². The quantitative estimate of drug-likeness (QED) is 0.139. The number of benzene rings is 3. The molecule has 234 valence electrons. The van der Waals surface area contributed by atoms with E-state index in [1.807, 2.05) is 91.0 Å². The van der Waals surface area contributed by atoms with Gasteiger partial charge in [0.2, 0.25) is 11.8 Å². The van der Waals surface area contributed by atoms with Crippen LogP contribution in [0.1, 0.15) is 55.7 Å². The summed E-state index contributed by atoms with van der Waals surface area (Å²) in [5, 5.41) is 3.10. The van der Waals surface area contributed by atoms with Crippen LogP contribution in [0.2, 0.25) is 0 Å². The molecule has 0 aromatic heterocycles. The van der Waals surface area contributed by atoms with Gasteiger partial charge in [-0.2, -0.15) is 0 Å². The van der Waals surface area contributed by atoms with Crippen molar-refractivity contribution in [1.29, 1.82) is 0 Å². The number of unbranched alkanes of at least 4 members (excludes halogenated alkanes) is 2. The first-order valence-corrected chi connectivity index (χ1v) is 15.7. The van der Waals surface area contributed by atoms with Crippen molar-refractivity contribution in [3.63, 3.8) is 0 Å². The van der Waals surface area contributed by atoms with Gasteiger partial charge in [0.25, 0.3) is 0 Å². The molecule has 1 N–H and O–H groups in total. The number of allylic oxidation sites excluding steroid dienone is 1. The number of amides is 2. The molecule has 1 saturated heterocycles. The van der Waals surface area contributed by atoms with Crippen molar-refractivity contribution in [2.75, 3.05) is 13.2 Å². The molecule has 0 unspecified atom stereocenters. The number of hydrogen-bond acceptors (Lipinski definition) is 5. The molecule has 4 atom stereocenters. The number of carbonyl (C=O) groups is 2. The van der Waals surface area contributed by atoms with E-state index in [2.05, 4.69) is 18.8 Å². The fraction of sp³-hybridized carbons (Fsp3) is 0.405. The summed E-state index contributed by atoms with van der Waals surface area (Å²) in [6.07, 6.45) is 4.08. The highest BCUT2D eigenvalue weighted by atomic mass is 16.5. The van der Waals surface area contributed by atoms with E-state index in [0.717, 1.165) is 36.0 Å². The molecule has 1 aliphatic heterocycles. The Morgan fingerprint density at radius 1 is 0.795 bits per heavy atom. The smallest absolute Gasteiger partial charge is 0.245 e. The van der Waals surface area contributed by atoms with Crippen LogP contribution < -0.4 is 5.32 Å². The Labute approximate surface area is 262 Å². The monoisotopic (exact) mass is 598 g/mol. The molecular formula is C37H46N2O5. The lowest BCUT2D eigenvalue weighted by Gasteiger charge is -2.31. The molecule has 0 radical (unpaired) electrons. The first-order valence-electron chi connectivity index (χ1n) is 15.7. The number of nitrogens with one attached hydrogen (secondary N) is 1. The van der Waals surface area contributed by atoms with Crippen LogP contribution in [-0.2, 0) is 43.6 Å². The lowest BCUT2D eigenvalue weighted by Crippen LogP contribution is -2.53. The number of ether oxygens (including phenoxy) is 3. The highest BCUT2D eigenvalue weighted by molar-refractivity contribution is 5.89. The minimum Gasteiger partial charge on any atom is -0.375 e. The van der Waals surface area contributed by atoms with Gasteiger partial charge >= 0.3 is 0 Å². The van der Waals surface area contributed by atoms with Gasteiger partial charge in [-0.3, -0.25) is 9.59 Å². The third kappa shape index (κ3) is 9.61. The number of hydrogen-bond donors (Lipinski definition) is 1. The number of rotatable bonds is 18. The lowest BCUT2D eigenvalue weighted by atomic mass is 10.1. The molecule has 0 bridgehead atoms. The van der Waals surface area contributed by atoms with Crippen molar-refractivity contribution >= 4 is 11.8 Å². The molecule has 7 nitrogen and oxygen atoms in total. The molecule has 2 amide bonds. The zero-order valence-corrected chi connectivity index (χ0v) is 25.8. The first-order chi connectivity index (χ1) is 21.6. The molecule has 1 heterocycles. The van der Waals surface area contributed by atoms with Gasteiger partial charge in [-0.1, -0.05) is 117 Å². The SMILES string of the molecule is C=CCCC(=O)N1[C@H](COCc2ccccc2)[C@H](OCc2ccccc2)[C@H](OCc2ccccc2)[C@@H]1C(=O)NCCCCC. The number of likely N-dealkylation sites (tertiary alicyclic amines) is 1. The van der Waals surface area contributed by atoms with E-state index in [1.54, 1.807) is 11.0 Å². The Bertz CT molecular complexity index is 1270. The molecule has 1 aliphatic rings. The highest BCUT2D eigenvalue weighted by Gasteiger charge is 2.55. The lowest BCUT2D eigenvalue weighted by molar-refractivity contribution is -0.144. The van der Waals surface area contributed by atoms with E-state index in [9.17, 15) is 9.59 Å². The summed E-state index contributed by atoms with van der Waals surface area (Å²) in [6.45, 7) is 7.63. The van der Waals surface area contributed by atoms with E-state index in [1.165, 1.54) is 0 Å². The fourth-order valence-corrected chi connectivity index (χ4v) is 5.56. The minimum absolute atomic E-state index is 0.147. The Kier molecular flexibility index (Phi) is 13.6. The van der Waals surface area contributed by atoms with Crippen molar-refractivity contribution in [3.05, 3.63) is 120 Å². The molecule has 3 aromatic rings. The molecule has 4 rings (SSSR count). The second-order valence-corrected chi connectivity index (χ2v) is 11.2. The highest BCUT2D eigenvalue weighted by Crippen LogP contribution is 2.33. The van der Waals surface area contributed by atoms with E-state index in [4.69, 9.17) is 14.2 Å². The predicted molar refractivity (Wildman–Crippen MR) is 173 cm³/mol. The Morgan fingerprint density at radius 3 is 1.89 bits per heavy atom. The average Bonchev–Trinajstić information content (AvgIpc) is 3.38. The van der Waals surface area contributed by atoms with Gasteiger partial charge in [0.15, 0.2) is 0 Å². The van der Waals surface area contributed by atoms with Crippen LogP contribution in [0.3, 0.4) is 0 Å². The fourth-order valence-electron chi connectivity index (χ4n) is 5.56. The average molecular weight is 599 g/mol. The summed E-state index contributed by atoms with van der Waals surface area (Å²) >= 11 is 0. The molecule has 3 aromatic carbocycles. The normalized spacial score (nSPS) is 19.5. The summed E-state index contributed by atoms with van der Waals surface area (Å²) in [5.41, 5.74) is 3.00. The third-order valence-corrected chi connectivity index (χ3v) is 7.84. The topological polar surface area (TPSA) is 77.1 Å². The first kappa shape index (κ1) is 33.1. The minimum atomic E-state index is -0.872. The second-order valence-electron chi connectivity index (χ2n) is 11.2. The summed E-state index contributed by atoms with van der Waals surface area (Å²) in [5.74, 6) is -0.379. The molecule has 0 spiro atoms. The maximum absolute atomic E-state index is 14.0. The van der Waals surface area contributed by atoms with Gasteiger partial charge in [-0.05, 0) is 29.5 Å². The maximum atomic E-state index is 14.0. The molecule has 7 heteroatoms. The van der Waals surface area contributed by atoms with Crippen LogP contribution in [0.4, 0.5) is 0 Å². The maximum Gasteiger partial charge on any atom is 0.245 e. The predicted octanol–water partition coefficient (Wildman–Crippen LogP) is 6.23. The summed E-state index contributed by atoms with van der Waals surface area (Å²) in [7, 11) is 0. The summed E-state index contributed by atoms with van der Waals surface area (Å²) < 4.78 is 19.4. The van der Waals surface area contributed by atoms with E-state index in [-0.39, 0.29) is 31.4 Å². The van der Waals surface area contributed by atoms with Crippen LogP contribution in [0.25, 0.3) is 0 Å². The number of nitrogens with zero attached hydrogens (tertiary/aromatic N) is 1. The van der Waals surface area contributed by atoms with Crippen molar-refractivity contribution in [2.45, 2.75) is 83.1 Å². The zero-order valence-electron chi connectivity index (χ0n) is 25.8. The third-order valence-electron chi connectivity index (χ3n) is 7.84. The summed E-state index contributed by atoms with van der Waals surface area (Å²) in [6, 6.07) is 28.3. The molecule has 0 aliphatic carbocycles. The Balaban J connectivity index is 1.67. The van der Waals surface area contributed by atoms with Crippen LogP contribution in [0.5, 0.6) is 0 Å². The largest absolute Gasteiger partial charge is 0.375 e. The molecule has 44 heavy (non-hydrogen) atoms. The molecule has 0 saturated carbocycles. The van der Waals surface area contributed by atoms with E-state index >= 15 is 0 Å². The Morgan fingerprint density at radius 2 is 1.34 bits per heavy atom. The van der Waals surface area contributed by atoms with Crippen molar-refractivity contribution in [1.82, 2.24) is 10.2 Å². The van der Waals surface area contributed by atoms with Crippen molar-refractivity contribution in [3.8, 4) is 0 Å². The van der Waals surface area contributed by atoms with E-state index < -0.39 is 24.3 Å². The molecule has 1 fully saturated rings. The van der Waals surface area contributed by atoms with Gasteiger partial charge < -0.3 is 24.4 Å². The van der Waals surface area contributed by atoms with Crippen LogP contribution in [0, 0.1) is 0 Å². The zero-order chi connectivity index (χ0) is 31.0. The van der Waals surface area contributed by atoms with Crippen molar-refractivity contribution < 1.29 is 23.8 Å². The summed E-state index contributed by atoms with van der Waals surface area (Å²) in [4.78, 5) is 29.6. The van der Waals surface area contributed by atoms with Crippen LogP contribution in [0.15, 0.2) is 104 Å². The van der Waals surface area contributed by atoms with Gasteiger partial charge in [-0.25, -0.2) is 0 Å². The van der Waals surface area contributed by atoms with Crippen molar-refractivity contribution in [2.24, 2.45) is 0 Å². The van der Waals surface area contributed by atoms with Gasteiger partial charge in [0.1, 0.15) is 18.2 Å². The Hall–Kier alpha value is -3.78. The van der Waals surface area contributed by atoms with Gasteiger partial charge in [0.05, 0.1) is 32.5 Å².